The van der Waals surface area contributed by atoms with Crippen molar-refractivity contribution >= 4 is 49.1 Å². The van der Waals surface area contributed by atoms with Crippen molar-refractivity contribution in [1.29, 1.82) is 0 Å². The lowest BCUT2D eigenvalue weighted by Gasteiger charge is -2.15. The van der Waals surface area contributed by atoms with Crippen molar-refractivity contribution in [2.45, 2.75) is 6.10 Å². The van der Waals surface area contributed by atoms with Crippen LogP contribution in [0.25, 0.3) is 10.6 Å². The highest BCUT2D eigenvalue weighted by molar-refractivity contribution is 9.11. The van der Waals surface area contributed by atoms with Crippen LogP contribution >= 0.6 is 43.2 Å². The van der Waals surface area contributed by atoms with Crippen LogP contribution in [0, 0.1) is 11.6 Å². The third-order valence-electron chi connectivity index (χ3n) is 3.42. The zero-order valence-corrected chi connectivity index (χ0v) is 17.2. The Balaban J connectivity index is 1.93. The van der Waals surface area contributed by atoms with Gasteiger partial charge in [-0.05, 0) is 56.1 Å². The summed E-state index contributed by atoms with van der Waals surface area (Å²) in [4.78, 5) is 16.3. The monoisotopic (exact) mass is 522 g/mol. The number of aliphatic hydroxyl groups is 1. The van der Waals surface area contributed by atoms with Gasteiger partial charge in [-0.1, -0.05) is 0 Å². The van der Waals surface area contributed by atoms with Crippen LogP contribution < -0.4 is 10.5 Å². The molecule has 1 aromatic carbocycles. The molecule has 0 aliphatic carbocycles. The molecule has 2 heterocycles. The molecule has 0 spiro atoms. The molecule has 0 aliphatic heterocycles. The lowest BCUT2D eigenvalue weighted by atomic mass is 10.1. The minimum absolute atomic E-state index is 0.0340. The van der Waals surface area contributed by atoms with Gasteiger partial charge < -0.3 is 20.0 Å². The number of primary amides is 1. The van der Waals surface area contributed by atoms with E-state index in [-0.39, 0.29) is 5.89 Å². The van der Waals surface area contributed by atoms with E-state index < -0.39 is 41.6 Å². The third-order valence-corrected chi connectivity index (χ3v) is 5.59. The van der Waals surface area contributed by atoms with E-state index in [9.17, 15) is 18.7 Å². The summed E-state index contributed by atoms with van der Waals surface area (Å²) >= 11 is 8.00. The van der Waals surface area contributed by atoms with E-state index in [0.717, 1.165) is 20.8 Å². The minimum atomic E-state index is -1.28. The second kappa shape index (κ2) is 8.05. The topological polar surface area (TPSA) is 98.6 Å². The maximum atomic E-state index is 14.3. The molecule has 0 saturated heterocycles. The Labute approximate surface area is 172 Å². The average Bonchev–Trinajstić information content (AvgIpc) is 3.19. The van der Waals surface area contributed by atoms with Gasteiger partial charge in [-0.25, -0.2) is 13.8 Å². The van der Waals surface area contributed by atoms with Crippen molar-refractivity contribution in [3.05, 3.63) is 55.8 Å². The summed E-state index contributed by atoms with van der Waals surface area (Å²) in [7, 11) is 0. The van der Waals surface area contributed by atoms with E-state index in [0.29, 0.717) is 10.4 Å². The van der Waals surface area contributed by atoms with Crippen LogP contribution in [0.15, 0.2) is 37.1 Å². The number of aliphatic hydroxyl groups excluding tert-OH is 1. The second-order valence-corrected chi connectivity index (χ2v) is 8.35. The molecule has 0 bridgehead atoms. The Morgan fingerprint density at radius 2 is 2.07 bits per heavy atom. The maximum absolute atomic E-state index is 14.3. The summed E-state index contributed by atoms with van der Waals surface area (Å²) < 4.78 is 39.9. The Morgan fingerprint density at radius 3 is 2.67 bits per heavy atom. The third kappa shape index (κ3) is 4.05. The lowest BCUT2D eigenvalue weighted by Crippen LogP contribution is -2.18. The highest BCUT2D eigenvalue weighted by Gasteiger charge is 2.26. The first-order valence-corrected chi connectivity index (χ1v) is 9.69. The van der Waals surface area contributed by atoms with Crippen molar-refractivity contribution in [3.63, 3.8) is 0 Å². The van der Waals surface area contributed by atoms with Crippen LogP contribution in [0.5, 0.6) is 5.75 Å². The fraction of sp³-hybridized carbons (Fsp3) is 0.125. The SMILES string of the molecule is NC(=O)c1c(F)ccc(OC(CO)c2nc(-c3ccc(Br)s3)c(Br)o2)c1F. The molecule has 142 valence electrons. The molecule has 3 N–H and O–H groups in total. The highest BCUT2D eigenvalue weighted by atomic mass is 79.9. The van der Waals surface area contributed by atoms with Gasteiger partial charge in [-0.3, -0.25) is 4.79 Å². The van der Waals surface area contributed by atoms with Gasteiger partial charge >= 0.3 is 0 Å². The minimum Gasteiger partial charge on any atom is -0.475 e. The summed E-state index contributed by atoms with van der Waals surface area (Å²) in [6, 6.07) is 5.47. The number of hydrogen-bond donors (Lipinski definition) is 2. The molecule has 6 nitrogen and oxygen atoms in total. The molecule has 0 saturated carbocycles. The smallest absolute Gasteiger partial charge is 0.254 e. The molecule has 0 fully saturated rings. The van der Waals surface area contributed by atoms with Crippen LogP contribution in [0.1, 0.15) is 22.4 Å². The molecule has 11 heteroatoms. The Kier molecular flexibility index (Phi) is 5.94. The number of halogens is 4. The number of aromatic nitrogens is 1. The summed E-state index contributed by atoms with van der Waals surface area (Å²) in [5, 5.41) is 9.61. The van der Waals surface area contributed by atoms with Crippen LogP contribution in [0.4, 0.5) is 8.78 Å². The number of rotatable bonds is 6. The lowest BCUT2D eigenvalue weighted by molar-refractivity contribution is 0.0880. The summed E-state index contributed by atoms with van der Waals surface area (Å²) in [6.45, 7) is -0.608. The predicted octanol–water partition coefficient (Wildman–Crippen LogP) is 4.42. The quantitative estimate of drug-likeness (QED) is 0.498. The Hall–Kier alpha value is -1.82. The summed E-state index contributed by atoms with van der Waals surface area (Å²) in [5.74, 6) is -4.17. The zero-order chi connectivity index (χ0) is 19.7. The van der Waals surface area contributed by atoms with Crippen LogP contribution in [-0.2, 0) is 0 Å². The standard InChI is InChI=1S/C16H10Br2F2N2O4S/c17-10-4-3-9(27-10)13-14(18)26-16(22-13)8(5-23)25-7-2-1-6(19)11(12(7)20)15(21)24/h1-4,8,23H,5H2,(H2,21,24). The van der Waals surface area contributed by atoms with Gasteiger partial charge in [-0.15, -0.1) is 11.3 Å². The normalized spacial score (nSPS) is 12.2. The number of thiophene rings is 1. The first-order valence-electron chi connectivity index (χ1n) is 7.29. The van der Waals surface area contributed by atoms with E-state index in [1.165, 1.54) is 11.3 Å². The number of oxazole rings is 1. The fourth-order valence-corrected chi connectivity index (χ4v) is 4.19. The van der Waals surface area contributed by atoms with Gasteiger partial charge in [0.1, 0.15) is 17.1 Å². The van der Waals surface area contributed by atoms with Crippen LogP contribution in [-0.4, -0.2) is 22.6 Å². The number of carbonyl (C=O) groups is 1. The van der Waals surface area contributed by atoms with Crippen molar-refractivity contribution in [3.8, 4) is 16.3 Å². The van der Waals surface area contributed by atoms with E-state index in [1.54, 1.807) is 0 Å². The number of nitrogens with two attached hydrogens (primary N) is 1. The molecule has 1 atom stereocenters. The number of amides is 1. The molecular formula is C16H10Br2F2N2O4S. The maximum Gasteiger partial charge on any atom is 0.254 e. The van der Waals surface area contributed by atoms with Crippen molar-refractivity contribution in [2.24, 2.45) is 5.73 Å². The molecule has 27 heavy (non-hydrogen) atoms. The summed E-state index contributed by atoms with van der Waals surface area (Å²) in [5.41, 5.74) is 4.53. The number of ether oxygens (including phenoxy) is 1. The van der Waals surface area contributed by atoms with E-state index >= 15 is 0 Å². The van der Waals surface area contributed by atoms with Crippen LogP contribution in [0.3, 0.4) is 0 Å². The van der Waals surface area contributed by atoms with Gasteiger partial charge in [-0.2, -0.15) is 0 Å². The first kappa shape index (κ1) is 19.9. The number of nitrogens with zero attached hydrogens (tertiary/aromatic N) is 1. The van der Waals surface area contributed by atoms with Gasteiger partial charge in [0.25, 0.3) is 5.91 Å². The Morgan fingerprint density at radius 1 is 1.33 bits per heavy atom. The average molecular weight is 524 g/mol. The molecule has 1 unspecified atom stereocenters. The van der Waals surface area contributed by atoms with Gasteiger partial charge in [0, 0.05) is 0 Å². The summed E-state index contributed by atoms with van der Waals surface area (Å²) in [6.07, 6.45) is -1.20. The molecule has 3 rings (SSSR count). The molecular weight excluding hydrogens is 514 g/mol. The first-order chi connectivity index (χ1) is 12.8. The van der Waals surface area contributed by atoms with Gasteiger partial charge in [0.15, 0.2) is 22.3 Å². The van der Waals surface area contributed by atoms with Crippen molar-refractivity contribution in [2.75, 3.05) is 6.61 Å². The fourth-order valence-electron chi connectivity index (χ4n) is 2.22. The number of benzene rings is 1. The largest absolute Gasteiger partial charge is 0.475 e. The highest BCUT2D eigenvalue weighted by Crippen LogP contribution is 2.37. The van der Waals surface area contributed by atoms with E-state index in [1.807, 2.05) is 12.1 Å². The molecule has 0 radical (unpaired) electrons. The number of hydrogen-bond acceptors (Lipinski definition) is 6. The van der Waals surface area contributed by atoms with E-state index in [2.05, 4.69) is 36.8 Å². The van der Waals surface area contributed by atoms with Gasteiger partial charge in [0.2, 0.25) is 5.89 Å². The van der Waals surface area contributed by atoms with E-state index in [4.69, 9.17) is 14.9 Å². The predicted molar refractivity (Wildman–Crippen MR) is 101 cm³/mol. The molecule has 2 aromatic heterocycles. The molecule has 1 amide bonds. The Bertz CT molecular complexity index is 1010. The van der Waals surface area contributed by atoms with Gasteiger partial charge in [0.05, 0.1) is 15.3 Å². The number of carbonyl (C=O) groups excluding carboxylic acids is 1. The zero-order valence-electron chi connectivity index (χ0n) is 13.2. The molecule has 0 aliphatic rings. The second-order valence-electron chi connectivity index (χ2n) is 5.17. The van der Waals surface area contributed by atoms with Crippen molar-refractivity contribution in [1.82, 2.24) is 4.98 Å². The van der Waals surface area contributed by atoms with Crippen LogP contribution in [0.2, 0.25) is 0 Å². The molecule has 3 aromatic rings. The van der Waals surface area contributed by atoms with Crippen molar-refractivity contribution < 1.29 is 27.8 Å².